The molecule has 0 bridgehead atoms. The van der Waals surface area contributed by atoms with E-state index in [4.69, 9.17) is 5.11 Å². The first-order valence-electron chi connectivity index (χ1n) is 2.63. The maximum Gasteiger partial charge on any atom is 0.441 e. The molecule has 12 heavy (non-hydrogen) atoms. The van der Waals surface area contributed by atoms with Gasteiger partial charge in [0.15, 0.2) is 0 Å². The molecule has 1 rings (SSSR count). The molecule has 0 radical (unpaired) electrons. The monoisotopic (exact) mass is 214 g/mol. The summed E-state index contributed by atoms with van der Waals surface area (Å²) >= 11 is 0. The van der Waals surface area contributed by atoms with Gasteiger partial charge < -0.3 is 9.94 Å². The molecule has 0 aliphatic carbocycles. The van der Waals surface area contributed by atoms with Crippen LogP contribution >= 0.6 is 0 Å². The van der Waals surface area contributed by atoms with Crippen molar-refractivity contribution in [2.45, 2.75) is 0 Å². The van der Waals surface area contributed by atoms with Crippen LogP contribution in [0.25, 0.3) is 0 Å². The molecule has 68 valence electrons. The Bertz CT molecular complexity index is 271. The van der Waals surface area contributed by atoms with Crippen LogP contribution in [0.3, 0.4) is 0 Å². The summed E-state index contributed by atoms with van der Waals surface area (Å²) in [6, 6.07) is 0. The van der Waals surface area contributed by atoms with Gasteiger partial charge in [-0.05, 0) is 0 Å². The zero-order chi connectivity index (χ0) is 8.27. The summed E-state index contributed by atoms with van der Waals surface area (Å²) in [5.74, 6) is -2.98. The van der Waals surface area contributed by atoms with E-state index in [2.05, 4.69) is 9.82 Å². The maximum atomic E-state index is 10.3. The van der Waals surface area contributed by atoms with Crippen molar-refractivity contribution in [1.29, 1.82) is 0 Å². The zero-order valence-corrected chi connectivity index (χ0v) is 6.60. The number of carbonyl (C=O) groups excluding carboxylic acids is 1. The Hall–Kier alpha value is -1.36. The molecular formula is C5H4N2NiO4. The van der Waals surface area contributed by atoms with Crippen LogP contribution in [0.4, 0.5) is 0 Å². The molecule has 0 aliphatic heterocycles. The van der Waals surface area contributed by atoms with Gasteiger partial charge in [-0.25, -0.2) is 14.6 Å². The number of carboxylic acids is 1. The van der Waals surface area contributed by atoms with E-state index >= 15 is 0 Å². The average molecular weight is 215 g/mol. The second kappa shape index (κ2) is 4.51. The minimum atomic E-state index is -1.64. The number of carbonyl (C=O) groups is 2. The summed E-state index contributed by atoms with van der Waals surface area (Å²) < 4.78 is 0.899. The molecule has 0 saturated carbocycles. The van der Waals surface area contributed by atoms with Gasteiger partial charge in [0.1, 0.15) is 6.33 Å². The van der Waals surface area contributed by atoms with Gasteiger partial charge in [0, 0.05) is 22.7 Å². The minimum absolute atomic E-state index is 0. The van der Waals surface area contributed by atoms with E-state index < -0.39 is 11.9 Å². The number of imidazole rings is 1. The van der Waals surface area contributed by atoms with Crippen LogP contribution in [0.2, 0.25) is 0 Å². The molecule has 0 aliphatic rings. The minimum Gasteiger partial charge on any atom is -0.473 e. The zero-order valence-electron chi connectivity index (χ0n) is 5.61. The van der Waals surface area contributed by atoms with Crippen LogP contribution in [-0.4, -0.2) is 26.8 Å². The molecular weight excluding hydrogens is 211 g/mol. The van der Waals surface area contributed by atoms with E-state index in [9.17, 15) is 9.59 Å². The number of rotatable bonds is 1. The molecule has 0 unspecified atom stereocenters. The maximum absolute atomic E-state index is 10.3. The van der Waals surface area contributed by atoms with Crippen molar-refractivity contribution in [2.75, 3.05) is 0 Å². The van der Waals surface area contributed by atoms with Crippen molar-refractivity contribution >= 4 is 11.9 Å². The van der Waals surface area contributed by atoms with Gasteiger partial charge in [-0.3, -0.25) is 0 Å². The number of nitrogens with zero attached hydrogens (tertiary/aromatic N) is 2. The molecule has 0 saturated heterocycles. The van der Waals surface area contributed by atoms with Crippen LogP contribution in [0.1, 0.15) is 0 Å². The fraction of sp³-hybridized carbons (Fsp3) is 0. The van der Waals surface area contributed by atoms with E-state index in [-0.39, 0.29) is 16.5 Å². The summed E-state index contributed by atoms with van der Waals surface area (Å²) in [7, 11) is 0. The number of carboxylic acid groups (broad SMARTS) is 1. The fourth-order valence-corrected chi connectivity index (χ4v) is 0.436. The van der Waals surface area contributed by atoms with Crippen molar-refractivity contribution in [3.05, 3.63) is 18.7 Å². The normalized spacial score (nSPS) is 8.33. The molecule has 1 heterocycles. The van der Waals surface area contributed by atoms with Crippen molar-refractivity contribution in [3.63, 3.8) is 0 Å². The predicted octanol–water partition coefficient (Wildman–Crippen LogP) is -1.08. The summed E-state index contributed by atoms with van der Waals surface area (Å²) in [4.78, 5) is 28.0. The summed E-state index contributed by atoms with van der Waals surface area (Å²) in [5.41, 5.74) is 0. The van der Waals surface area contributed by atoms with Crippen molar-refractivity contribution in [3.8, 4) is 0 Å². The van der Waals surface area contributed by atoms with Gasteiger partial charge in [0.2, 0.25) is 0 Å². The van der Waals surface area contributed by atoms with Crippen LogP contribution in [0.15, 0.2) is 18.7 Å². The Kier molecular flexibility index (Phi) is 4.00. The van der Waals surface area contributed by atoms with Crippen LogP contribution in [0, 0.1) is 0 Å². The van der Waals surface area contributed by atoms with Crippen molar-refractivity contribution in [2.24, 2.45) is 0 Å². The van der Waals surface area contributed by atoms with E-state index in [0.29, 0.717) is 0 Å². The van der Waals surface area contributed by atoms with Crippen LogP contribution < -0.4 is 4.84 Å². The van der Waals surface area contributed by atoms with Crippen LogP contribution in [0.5, 0.6) is 0 Å². The summed E-state index contributed by atoms with van der Waals surface area (Å²) in [5, 5.41) is 8.07. The first kappa shape index (κ1) is 10.6. The van der Waals surface area contributed by atoms with Gasteiger partial charge in [-0.15, -0.1) is 0 Å². The van der Waals surface area contributed by atoms with Gasteiger partial charge in [-0.1, -0.05) is 0 Å². The number of aromatic nitrogens is 2. The van der Waals surface area contributed by atoms with Crippen LogP contribution in [-0.2, 0) is 26.1 Å². The van der Waals surface area contributed by atoms with E-state index in [1.165, 1.54) is 18.7 Å². The van der Waals surface area contributed by atoms with E-state index in [1.807, 2.05) is 0 Å². The smallest absolute Gasteiger partial charge is 0.441 e. The quantitative estimate of drug-likeness (QED) is 0.475. The molecule has 1 N–H and O–H groups in total. The molecule has 0 amide bonds. The van der Waals surface area contributed by atoms with Gasteiger partial charge in [0.05, 0.1) is 6.20 Å². The summed E-state index contributed by atoms with van der Waals surface area (Å²) in [6.07, 6.45) is 3.83. The van der Waals surface area contributed by atoms with Gasteiger partial charge in [0.25, 0.3) is 0 Å². The average Bonchev–Trinajstić information content (AvgIpc) is 2.39. The Morgan fingerprint density at radius 2 is 2.17 bits per heavy atom. The summed E-state index contributed by atoms with van der Waals surface area (Å²) in [6.45, 7) is 0. The Labute approximate surface area is 77.0 Å². The molecule has 7 heteroatoms. The topological polar surface area (TPSA) is 81.4 Å². The molecule has 1 aromatic rings. The molecule has 1 aromatic heterocycles. The standard InChI is InChI=1S/C5H4N2O4.Ni/c8-4(9)5(10)11-7-2-1-6-3-7;/h1-3H,(H,8,9);. The molecule has 0 spiro atoms. The Morgan fingerprint density at radius 3 is 2.58 bits per heavy atom. The second-order valence-corrected chi connectivity index (χ2v) is 1.61. The molecule has 0 fully saturated rings. The Balaban J connectivity index is 0.00000121. The number of aliphatic carboxylic acids is 1. The molecule has 6 nitrogen and oxygen atoms in total. The SMILES string of the molecule is O=C(O)C(=O)On1ccnc1.[Ni]. The van der Waals surface area contributed by atoms with E-state index in [0.717, 1.165) is 4.73 Å². The number of hydrogen-bond donors (Lipinski definition) is 1. The fourth-order valence-electron chi connectivity index (χ4n) is 0.436. The third-order valence-electron chi connectivity index (χ3n) is 0.843. The van der Waals surface area contributed by atoms with Crippen molar-refractivity contribution in [1.82, 2.24) is 9.71 Å². The third-order valence-corrected chi connectivity index (χ3v) is 0.843. The van der Waals surface area contributed by atoms with Crippen molar-refractivity contribution < 1.29 is 36.0 Å². The first-order valence-corrected chi connectivity index (χ1v) is 2.63. The van der Waals surface area contributed by atoms with Gasteiger partial charge >= 0.3 is 11.9 Å². The van der Waals surface area contributed by atoms with E-state index in [1.54, 1.807) is 0 Å². The largest absolute Gasteiger partial charge is 0.473 e. The number of hydrogen-bond acceptors (Lipinski definition) is 4. The van der Waals surface area contributed by atoms with Gasteiger partial charge in [-0.2, -0.15) is 4.73 Å². The second-order valence-electron chi connectivity index (χ2n) is 1.61. The molecule has 0 atom stereocenters. The molecule has 0 aromatic carbocycles. The Morgan fingerprint density at radius 1 is 1.50 bits per heavy atom. The first-order chi connectivity index (χ1) is 5.20. The third kappa shape index (κ3) is 2.71. The predicted molar refractivity (Wildman–Crippen MR) is 31.4 cm³/mol.